The number of rotatable bonds is 6. The second kappa shape index (κ2) is 7.83. The summed E-state index contributed by atoms with van der Waals surface area (Å²) in [5.74, 6) is -2.53. The Hall–Kier alpha value is -2.64. The number of carbonyl (C=O) groups excluding carboxylic acids is 2. The summed E-state index contributed by atoms with van der Waals surface area (Å²) in [6.07, 6.45) is -0.292. The van der Waals surface area contributed by atoms with E-state index in [0.717, 1.165) is 6.07 Å². The number of amides is 2. The molecule has 0 aromatic heterocycles. The van der Waals surface area contributed by atoms with E-state index >= 15 is 0 Å². The molecule has 21 heavy (non-hydrogen) atoms. The number of halogens is 1. The first-order chi connectivity index (χ1) is 9.93. The Morgan fingerprint density at radius 2 is 2.00 bits per heavy atom. The summed E-state index contributed by atoms with van der Waals surface area (Å²) in [6, 6.07) is 3.30. The van der Waals surface area contributed by atoms with Crippen LogP contribution in [0.3, 0.4) is 0 Å². The third kappa shape index (κ3) is 5.47. The summed E-state index contributed by atoms with van der Waals surface area (Å²) in [5.41, 5.74) is -0.0768. The SMILES string of the molecule is COC(=O)CC[C@H](NC(=O)Nc1ccccc1F)C(=O)O. The van der Waals surface area contributed by atoms with Gasteiger partial charge in [0.25, 0.3) is 0 Å². The lowest BCUT2D eigenvalue weighted by atomic mass is 10.1. The normalized spacial score (nSPS) is 11.3. The van der Waals surface area contributed by atoms with Crippen molar-refractivity contribution in [3.05, 3.63) is 30.1 Å². The number of esters is 1. The highest BCUT2D eigenvalue weighted by Gasteiger charge is 2.21. The topological polar surface area (TPSA) is 105 Å². The van der Waals surface area contributed by atoms with Gasteiger partial charge in [0.05, 0.1) is 12.8 Å². The largest absolute Gasteiger partial charge is 0.480 e. The van der Waals surface area contributed by atoms with Gasteiger partial charge in [-0.15, -0.1) is 0 Å². The van der Waals surface area contributed by atoms with E-state index in [1.54, 1.807) is 0 Å². The van der Waals surface area contributed by atoms with Crippen molar-refractivity contribution in [1.29, 1.82) is 0 Å². The molecule has 7 nitrogen and oxygen atoms in total. The van der Waals surface area contributed by atoms with Crippen molar-refractivity contribution in [1.82, 2.24) is 5.32 Å². The molecular formula is C13H15FN2O5. The first-order valence-electron chi connectivity index (χ1n) is 6.05. The predicted octanol–water partition coefficient (Wildman–Crippen LogP) is 1.35. The standard InChI is InChI=1S/C13H15FN2O5/c1-21-11(17)7-6-10(12(18)19)16-13(20)15-9-5-3-2-4-8(9)14/h2-5,10H,6-7H2,1H3,(H,18,19)(H2,15,16,20)/t10-/m0/s1. The van der Waals surface area contributed by atoms with E-state index in [4.69, 9.17) is 5.11 Å². The second-order valence-corrected chi connectivity index (χ2v) is 4.08. The van der Waals surface area contributed by atoms with Crippen molar-refractivity contribution in [2.75, 3.05) is 12.4 Å². The minimum Gasteiger partial charge on any atom is -0.480 e. The number of para-hydroxylation sites is 1. The summed E-state index contributed by atoms with van der Waals surface area (Å²) in [7, 11) is 1.18. The average Bonchev–Trinajstić information content (AvgIpc) is 2.45. The van der Waals surface area contributed by atoms with Gasteiger partial charge >= 0.3 is 18.0 Å². The van der Waals surface area contributed by atoms with Gasteiger partial charge in [0.15, 0.2) is 0 Å². The van der Waals surface area contributed by atoms with Crippen LogP contribution in [0.5, 0.6) is 0 Å². The van der Waals surface area contributed by atoms with Crippen LogP contribution in [0, 0.1) is 5.82 Å². The van der Waals surface area contributed by atoms with Crippen molar-refractivity contribution in [3.8, 4) is 0 Å². The number of anilines is 1. The average molecular weight is 298 g/mol. The minimum absolute atomic E-state index is 0.0768. The summed E-state index contributed by atoms with van der Waals surface area (Å²) in [5, 5.41) is 13.3. The van der Waals surface area contributed by atoms with E-state index in [2.05, 4.69) is 15.4 Å². The zero-order valence-electron chi connectivity index (χ0n) is 11.3. The van der Waals surface area contributed by atoms with Gasteiger partial charge in [-0.1, -0.05) is 12.1 Å². The quantitative estimate of drug-likeness (QED) is 0.688. The molecule has 3 N–H and O–H groups in total. The number of ether oxygens (including phenoxy) is 1. The van der Waals surface area contributed by atoms with Gasteiger partial charge in [0, 0.05) is 6.42 Å². The molecule has 0 aliphatic heterocycles. The third-order valence-corrected chi connectivity index (χ3v) is 2.59. The molecule has 1 aromatic carbocycles. The molecule has 0 fully saturated rings. The lowest BCUT2D eigenvalue weighted by Crippen LogP contribution is -2.43. The van der Waals surface area contributed by atoms with Gasteiger partial charge in [0.2, 0.25) is 0 Å². The predicted molar refractivity (Wildman–Crippen MR) is 71.2 cm³/mol. The molecule has 0 aliphatic rings. The van der Waals surface area contributed by atoms with Gasteiger partial charge in [-0.2, -0.15) is 0 Å². The number of hydrogen-bond donors (Lipinski definition) is 3. The molecule has 0 spiro atoms. The fourth-order valence-corrected chi connectivity index (χ4v) is 1.50. The van der Waals surface area contributed by atoms with Crippen LogP contribution < -0.4 is 10.6 Å². The van der Waals surface area contributed by atoms with Crippen LogP contribution in [0.15, 0.2) is 24.3 Å². The zero-order valence-corrected chi connectivity index (χ0v) is 11.3. The minimum atomic E-state index is -1.30. The molecule has 0 radical (unpaired) electrons. The fraction of sp³-hybridized carbons (Fsp3) is 0.308. The van der Waals surface area contributed by atoms with Crippen molar-refractivity contribution >= 4 is 23.7 Å². The highest BCUT2D eigenvalue weighted by Crippen LogP contribution is 2.12. The molecule has 0 aliphatic carbocycles. The highest BCUT2D eigenvalue weighted by atomic mass is 19.1. The zero-order chi connectivity index (χ0) is 15.8. The highest BCUT2D eigenvalue weighted by molar-refractivity contribution is 5.92. The number of aliphatic carboxylic acids is 1. The van der Waals surface area contributed by atoms with Crippen molar-refractivity contribution in [2.45, 2.75) is 18.9 Å². The van der Waals surface area contributed by atoms with Gasteiger partial charge < -0.3 is 20.5 Å². The Morgan fingerprint density at radius 1 is 1.33 bits per heavy atom. The maximum atomic E-state index is 13.3. The molecule has 1 atom stereocenters. The molecule has 0 saturated carbocycles. The van der Waals surface area contributed by atoms with Crippen LogP contribution in [-0.4, -0.2) is 36.2 Å². The van der Waals surface area contributed by atoms with E-state index in [1.807, 2.05) is 0 Å². The molecule has 2 amide bonds. The smallest absolute Gasteiger partial charge is 0.326 e. The van der Waals surface area contributed by atoms with Crippen molar-refractivity contribution in [2.24, 2.45) is 0 Å². The van der Waals surface area contributed by atoms with Crippen LogP contribution in [0.1, 0.15) is 12.8 Å². The van der Waals surface area contributed by atoms with Gasteiger partial charge in [0.1, 0.15) is 11.9 Å². The third-order valence-electron chi connectivity index (χ3n) is 2.59. The van der Waals surface area contributed by atoms with Gasteiger partial charge in [-0.05, 0) is 18.6 Å². The van der Waals surface area contributed by atoms with Gasteiger partial charge in [-0.3, -0.25) is 4.79 Å². The lowest BCUT2D eigenvalue weighted by Gasteiger charge is -2.14. The van der Waals surface area contributed by atoms with E-state index < -0.39 is 29.8 Å². The molecule has 8 heteroatoms. The number of carboxylic acid groups (broad SMARTS) is 1. The summed E-state index contributed by atoms with van der Waals surface area (Å²) < 4.78 is 17.7. The van der Waals surface area contributed by atoms with Crippen LogP contribution in [0.2, 0.25) is 0 Å². The number of benzene rings is 1. The molecule has 0 bridgehead atoms. The summed E-state index contributed by atoms with van der Waals surface area (Å²) in [4.78, 5) is 33.6. The summed E-state index contributed by atoms with van der Waals surface area (Å²) in [6.45, 7) is 0. The monoisotopic (exact) mass is 298 g/mol. The number of carbonyl (C=O) groups is 3. The van der Waals surface area contributed by atoms with Crippen LogP contribution >= 0.6 is 0 Å². The Bertz CT molecular complexity index is 535. The summed E-state index contributed by atoms with van der Waals surface area (Å²) >= 11 is 0. The maximum Gasteiger partial charge on any atom is 0.326 e. The molecule has 1 aromatic rings. The first-order valence-corrected chi connectivity index (χ1v) is 6.05. The maximum absolute atomic E-state index is 13.3. The molecule has 0 heterocycles. The number of carboxylic acids is 1. The Morgan fingerprint density at radius 3 is 2.57 bits per heavy atom. The molecule has 0 saturated heterocycles. The number of nitrogens with one attached hydrogen (secondary N) is 2. The molecule has 1 rings (SSSR count). The molecule has 0 unspecified atom stereocenters. The number of methoxy groups -OCH3 is 1. The number of hydrogen-bond acceptors (Lipinski definition) is 4. The van der Waals surface area contributed by atoms with Gasteiger partial charge in [-0.25, -0.2) is 14.0 Å². The molecular weight excluding hydrogens is 283 g/mol. The first kappa shape index (κ1) is 16.4. The van der Waals surface area contributed by atoms with E-state index in [0.29, 0.717) is 0 Å². The van der Waals surface area contributed by atoms with Crippen LogP contribution in [0.4, 0.5) is 14.9 Å². The van der Waals surface area contributed by atoms with E-state index in [9.17, 15) is 18.8 Å². The Balaban J connectivity index is 2.58. The van der Waals surface area contributed by atoms with E-state index in [-0.39, 0.29) is 18.5 Å². The molecule has 114 valence electrons. The van der Waals surface area contributed by atoms with Crippen LogP contribution in [0.25, 0.3) is 0 Å². The second-order valence-electron chi connectivity index (χ2n) is 4.08. The Labute approximate surface area is 120 Å². The number of urea groups is 1. The fourth-order valence-electron chi connectivity index (χ4n) is 1.50. The van der Waals surface area contributed by atoms with Crippen molar-refractivity contribution in [3.63, 3.8) is 0 Å². The van der Waals surface area contributed by atoms with Crippen LogP contribution in [-0.2, 0) is 14.3 Å². The van der Waals surface area contributed by atoms with E-state index in [1.165, 1.54) is 25.3 Å². The Kier molecular flexibility index (Phi) is 6.12. The lowest BCUT2D eigenvalue weighted by molar-refractivity contribution is -0.142. The van der Waals surface area contributed by atoms with Crippen molar-refractivity contribution < 1.29 is 28.6 Å².